The Kier molecular flexibility index (Phi) is 5.07. The number of nitrogens with zero attached hydrogens (tertiary/aromatic N) is 2. The van der Waals surface area contributed by atoms with Crippen LogP contribution in [-0.2, 0) is 4.79 Å². The zero-order valence-corrected chi connectivity index (χ0v) is 11.9. The van der Waals surface area contributed by atoms with Gasteiger partial charge in [0.15, 0.2) is 0 Å². The molecule has 0 aliphatic heterocycles. The average Bonchev–Trinajstić information content (AvgIpc) is 2.87. The van der Waals surface area contributed by atoms with Crippen molar-refractivity contribution in [3.63, 3.8) is 0 Å². The van der Waals surface area contributed by atoms with E-state index in [2.05, 4.69) is 14.1 Å². The molecule has 0 spiro atoms. The molecular formula is C12H15ClN4OS. The van der Waals surface area contributed by atoms with Crippen molar-refractivity contribution < 1.29 is 4.79 Å². The van der Waals surface area contributed by atoms with Gasteiger partial charge in [-0.25, -0.2) is 0 Å². The van der Waals surface area contributed by atoms with Crippen LogP contribution in [0.25, 0.3) is 11.0 Å². The first kappa shape index (κ1) is 14.2. The van der Waals surface area contributed by atoms with E-state index in [0.717, 1.165) is 36.5 Å². The van der Waals surface area contributed by atoms with Crippen LogP contribution in [0.2, 0.25) is 5.02 Å². The third-order valence-electron chi connectivity index (χ3n) is 2.75. The van der Waals surface area contributed by atoms with Gasteiger partial charge in [0.05, 0.1) is 22.4 Å². The predicted molar refractivity (Wildman–Crippen MR) is 78.6 cm³/mol. The molecule has 0 atom stereocenters. The van der Waals surface area contributed by atoms with Crippen LogP contribution in [0.15, 0.2) is 12.1 Å². The lowest BCUT2D eigenvalue weighted by Gasteiger charge is -2.07. The Balaban J connectivity index is 2.02. The van der Waals surface area contributed by atoms with Gasteiger partial charge in [-0.1, -0.05) is 18.0 Å². The van der Waals surface area contributed by atoms with E-state index < -0.39 is 0 Å². The largest absolute Gasteiger partial charge is 0.330 e. The maximum Gasteiger partial charge on any atom is 0.224 e. The van der Waals surface area contributed by atoms with E-state index in [4.69, 9.17) is 17.3 Å². The lowest BCUT2D eigenvalue weighted by Crippen LogP contribution is -2.12. The molecule has 2 rings (SSSR count). The number of nitrogens with two attached hydrogens (primary N) is 1. The smallest absolute Gasteiger partial charge is 0.224 e. The van der Waals surface area contributed by atoms with Crippen molar-refractivity contribution in [2.75, 3.05) is 11.9 Å². The number of carbonyl (C=O) groups is 1. The van der Waals surface area contributed by atoms with Gasteiger partial charge in [0, 0.05) is 6.42 Å². The van der Waals surface area contributed by atoms with Gasteiger partial charge in [-0.3, -0.25) is 4.79 Å². The fraction of sp³-hybridized carbons (Fsp3) is 0.417. The van der Waals surface area contributed by atoms with E-state index in [9.17, 15) is 4.79 Å². The summed E-state index contributed by atoms with van der Waals surface area (Å²) in [4.78, 5) is 11.8. The van der Waals surface area contributed by atoms with Crippen LogP contribution in [0.4, 0.5) is 5.69 Å². The number of hydrogen-bond acceptors (Lipinski definition) is 5. The van der Waals surface area contributed by atoms with Gasteiger partial charge in [0.2, 0.25) is 5.91 Å². The highest BCUT2D eigenvalue weighted by Crippen LogP contribution is 2.30. The molecule has 7 heteroatoms. The topological polar surface area (TPSA) is 80.9 Å². The molecule has 19 heavy (non-hydrogen) atoms. The number of benzene rings is 1. The molecule has 0 aliphatic carbocycles. The van der Waals surface area contributed by atoms with Gasteiger partial charge < -0.3 is 11.1 Å². The van der Waals surface area contributed by atoms with Crippen molar-refractivity contribution in [3.8, 4) is 0 Å². The normalized spacial score (nSPS) is 10.8. The van der Waals surface area contributed by atoms with Gasteiger partial charge >= 0.3 is 0 Å². The van der Waals surface area contributed by atoms with Gasteiger partial charge in [-0.2, -0.15) is 8.75 Å². The summed E-state index contributed by atoms with van der Waals surface area (Å²) >= 11 is 7.20. The summed E-state index contributed by atoms with van der Waals surface area (Å²) in [5, 5.41) is 3.30. The Morgan fingerprint density at radius 1 is 1.32 bits per heavy atom. The molecule has 5 nitrogen and oxygen atoms in total. The molecule has 0 saturated carbocycles. The molecule has 0 radical (unpaired) electrons. The summed E-state index contributed by atoms with van der Waals surface area (Å²) < 4.78 is 8.28. The summed E-state index contributed by atoms with van der Waals surface area (Å²) in [5.41, 5.74) is 7.35. The van der Waals surface area contributed by atoms with E-state index in [1.165, 1.54) is 0 Å². The van der Waals surface area contributed by atoms with Crippen LogP contribution in [-0.4, -0.2) is 21.2 Å². The summed E-state index contributed by atoms with van der Waals surface area (Å²) in [6, 6.07) is 3.51. The number of anilines is 1. The molecule has 0 saturated heterocycles. The van der Waals surface area contributed by atoms with Gasteiger partial charge in [0.1, 0.15) is 11.0 Å². The Labute approximate surface area is 120 Å². The second-order valence-corrected chi connectivity index (χ2v) is 5.14. The number of aromatic nitrogens is 2. The molecule has 1 amide bonds. The third kappa shape index (κ3) is 3.62. The van der Waals surface area contributed by atoms with E-state index in [1.807, 2.05) is 0 Å². The van der Waals surface area contributed by atoms with Crippen LogP contribution in [0.5, 0.6) is 0 Å². The summed E-state index contributed by atoms with van der Waals surface area (Å²) in [5.74, 6) is -0.0561. The number of amides is 1. The lowest BCUT2D eigenvalue weighted by atomic mass is 10.2. The number of carbonyl (C=O) groups excluding carboxylic acids is 1. The molecule has 0 fully saturated rings. The Bertz CT molecular complexity index is 572. The predicted octanol–water partition coefficient (Wildman–Crippen LogP) is 2.80. The number of rotatable bonds is 6. The first-order chi connectivity index (χ1) is 9.22. The fourth-order valence-electron chi connectivity index (χ4n) is 1.75. The lowest BCUT2D eigenvalue weighted by molar-refractivity contribution is -0.116. The van der Waals surface area contributed by atoms with Crippen LogP contribution >= 0.6 is 23.3 Å². The molecule has 0 aliphatic rings. The van der Waals surface area contributed by atoms with Crippen molar-refractivity contribution in [1.82, 2.24) is 8.75 Å². The van der Waals surface area contributed by atoms with Crippen LogP contribution in [0.3, 0.4) is 0 Å². The molecule has 102 valence electrons. The standard InChI is InChI=1S/C12H15ClN4OS/c13-8-5-6-9-12(17-19-16-9)11(8)15-10(18)4-2-1-3-7-14/h5-6H,1-4,7,14H2,(H,15,18). The maximum atomic E-state index is 11.8. The second-order valence-electron chi connectivity index (χ2n) is 4.20. The van der Waals surface area contributed by atoms with Crippen molar-refractivity contribution in [2.24, 2.45) is 5.73 Å². The molecule has 1 aromatic carbocycles. The van der Waals surface area contributed by atoms with E-state index in [1.54, 1.807) is 12.1 Å². The van der Waals surface area contributed by atoms with Crippen LogP contribution in [0, 0.1) is 0 Å². The van der Waals surface area contributed by atoms with Crippen molar-refractivity contribution >= 4 is 46.0 Å². The minimum absolute atomic E-state index is 0.0561. The van der Waals surface area contributed by atoms with Gasteiger partial charge in [0.25, 0.3) is 0 Å². The SMILES string of the molecule is NCCCCCC(=O)Nc1c(Cl)ccc2nsnc12. The quantitative estimate of drug-likeness (QED) is 0.804. The molecule has 0 bridgehead atoms. The van der Waals surface area contributed by atoms with Crippen LogP contribution in [0.1, 0.15) is 25.7 Å². The summed E-state index contributed by atoms with van der Waals surface area (Å²) in [7, 11) is 0. The van der Waals surface area contributed by atoms with Gasteiger partial charge in [-0.15, -0.1) is 0 Å². The zero-order chi connectivity index (χ0) is 13.7. The number of halogens is 1. The number of fused-ring (bicyclic) bond motifs is 1. The molecule has 2 aromatic rings. The van der Waals surface area contributed by atoms with Gasteiger partial charge in [-0.05, 0) is 31.5 Å². The Morgan fingerprint density at radius 2 is 2.16 bits per heavy atom. The van der Waals surface area contributed by atoms with E-state index >= 15 is 0 Å². The summed E-state index contributed by atoms with van der Waals surface area (Å²) in [6.45, 7) is 0.664. The minimum atomic E-state index is -0.0561. The van der Waals surface area contributed by atoms with Crippen LogP contribution < -0.4 is 11.1 Å². The number of unbranched alkanes of at least 4 members (excludes halogenated alkanes) is 2. The van der Waals surface area contributed by atoms with E-state index in [-0.39, 0.29) is 5.91 Å². The Hall–Kier alpha value is -1.24. The van der Waals surface area contributed by atoms with Crippen molar-refractivity contribution in [2.45, 2.75) is 25.7 Å². The zero-order valence-electron chi connectivity index (χ0n) is 10.4. The minimum Gasteiger partial charge on any atom is -0.330 e. The molecular weight excluding hydrogens is 284 g/mol. The molecule has 0 unspecified atom stereocenters. The highest BCUT2D eigenvalue weighted by atomic mass is 35.5. The Morgan fingerprint density at radius 3 is 2.95 bits per heavy atom. The maximum absolute atomic E-state index is 11.8. The van der Waals surface area contributed by atoms with Crippen molar-refractivity contribution in [3.05, 3.63) is 17.2 Å². The van der Waals surface area contributed by atoms with E-state index in [0.29, 0.717) is 29.2 Å². The number of nitrogens with one attached hydrogen (secondary N) is 1. The monoisotopic (exact) mass is 298 g/mol. The average molecular weight is 299 g/mol. The molecule has 3 N–H and O–H groups in total. The second kappa shape index (κ2) is 6.79. The third-order valence-corrected chi connectivity index (χ3v) is 3.61. The first-order valence-corrected chi connectivity index (χ1v) is 7.24. The highest BCUT2D eigenvalue weighted by Gasteiger charge is 2.12. The molecule has 1 heterocycles. The highest BCUT2D eigenvalue weighted by molar-refractivity contribution is 7.00. The summed E-state index contributed by atoms with van der Waals surface area (Å²) in [6.07, 6.45) is 3.19. The fourth-order valence-corrected chi connectivity index (χ4v) is 2.50. The molecule has 1 aromatic heterocycles. The van der Waals surface area contributed by atoms with Crippen molar-refractivity contribution in [1.29, 1.82) is 0 Å². The number of hydrogen-bond donors (Lipinski definition) is 2. The first-order valence-electron chi connectivity index (χ1n) is 6.13.